The van der Waals surface area contributed by atoms with Crippen LogP contribution in [0.3, 0.4) is 0 Å². The van der Waals surface area contributed by atoms with Crippen LogP contribution in [0, 0.1) is 0 Å². The second-order valence-corrected chi connectivity index (χ2v) is 5.67. The van der Waals surface area contributed by atoms with Crippen molar-refractivity contribution in [3.8, 4) is 0 Å². The number of fused-ring (bicyclic) bond motifs is 5. The van der Waals surface area contributed by atoms with Gasteiger partial charge in [0.25, 0.3) is 0 Å². The molecule has 1 saturated heterocycles. The summed E-state index contributed by atoms with van der Waals surface area (Å²) in [5.41, 5.74) is 2.70. The van der Waals surface area contributed by atoms with Crippen molar-refractivity contribution in [1.29, 1.82) is 0 Å². The first kappa shape index (κ1) is 8.93. The second kappa shape index (κ2) is 2.42. The zero-order chi connectivity index (χ0) is 9.97. The molecule has 2 bridgehead atoms. The molecule has 14 heavy (non-hydrogen) atoms. The molecule has 1 nitrogen and oxygen atoms in total. The molecule has 2 atom stereocenters. The third kappa shape index (κ3) is 0.934. The summed E-state index contributed by atoms with van der Waals surface area (Å²) in [7, 11) is 0. The summed E-state index contributed by atoms with van der Waals surface area (Å²) in [5, 5.41) is 0. The Hall–Kier alpha value is -0.340. The van der Waals surface area contributed by atoms with Gasteiger partial charge in [0.15, 0.2) is 0 Å². The first-order valence-electron chi connectivity index (χ1n) is 5.04. The van der Waals surface area contributed by atoms with Crippen LogP contribution in [0.25, 0.3) is 0 Å². The largest absolute Gasteiger partial charge is 0.360 e. The van der Waals surface area contributed by atoms with Crippen molar-refractivity contribution >= 4 is 15.9 Å². The summed E-state index contributed by atoms with van der Waals surface area (Å²) in [4.78, 5) is 0. The Morgan fingerprint density at radius 1 is 1.14 bits per heavy atom. The van der Waals surface area contributed by atoms with E-state index in [9.17, 15) is 0 Å². The number of ether oxygens (including phenoxy) is 1. The van der Waals surface area contributed by atoms with E-state index in [1.807, 2.05) is 0 Å². The van der Waals surface area contributed by atoms with Gasteiger partial charge in [-0.15, -0.1) is 0 Å². The van der Waals surface area contributed by atoms with Gasteiger partial charge in [-0.05, 0) is 49.9 Å². The van der Waals surface area contributed by atoms with Gasteiger partial charge in [-0.3, -0.25) is 0 Å². The van der Waals surface area contributed by atoms with E-state index in [0.717, 1.165) is 17.3 Å². The monoisotopic (exact) mass is 252 g/mol. The van der Waals surface area contributed by atoms with E-state index in [4.69, 9.17) is 4.74 Å². The highest BCUT2D eigenvalue weighted by molar-refractivity contribution is 9.10. The highest BCUT2D eigenvalue weighted by atomic mass is 79.9. The molecule has 0 spiro atoms. The number of hydrogen-bond donors (Lipinski definition) is 0. The van der Waals surface area contributed by atoms with Gasteiger partial charge in [-0.25, -0.2) is 0 Å². The summed E-state index contributed by atoms with van der Waals surface area (Å²) in [6.07, 6.45) is 2.30. The quantitative estimate of drug-likeness (QED) is 0.685. The molecule has 2 aliphatic rings. The lowest BCUT2D eigenvalue weighted by molar-refractivity contribution is -0.0662. The Kier molecular flexibility index (Phi) is 1.54. The molecule has 0 N–H and O–H groups in total. The van der Waals surface area contributed by atoms with Crippen LogP contribution in [0.2, 0.25) is 0 Å². The maximum absolute atomic E-state index is 6.15. The van der Waals surface area contributed by atoms with Crippen LogP contribution < -0.4 is 0 Å². The lowest BCUT2D eigenvalue weighted by atomic mass is 9.78. The van der Waals surface area contributed by atoms with Crippen LogP contribution in [0.1, 0.15) is 37.8 Å². The number of rotatable bonds is 0. The van der Waals surface area contributed by atoms with Crippen molar-refractivity contribution in [2.75, 3.05) is 0 Å². The Bertz CT molecular complexity index is 415. The molecule has 2 unspecified atom stereocenters. The summed E-state index contributed by atoms with van der Waals surface area (Å²) in [5.74, 6) is 0. The predicted octanol–water partition coefficient (Wildman–Crippen LogP) is 3.70. The second-order valence-electron chi connectivity index (χ2n) is 4.75. The number of halogens is 1. The van der Waals surface area contributed by atoms with Gasteiger partial charge in [0.1, 0.15) is 0 Å². The van der Waals surface area contributed by atoms with Crippen molar-refractivity contribution in [3.05, 3.63) is 33.8 Å². The Morgan fingerprint density at radius 2 is 1.79 bits per heavy atom. The van der Waals surface area contributed by atoms with E-state index in [1.165, 1.54) is 11.1 Å². The fourth-order valence-corrected chi connectivity index (χ4v) is 3.23. The van der Waals surface area contributed by atoms with E-state index in [0.29, 0.717) is 0 Å². The van der Waals surface area contributed by atoms with E-state index in [1.54, 1.807) is 0 Å². The van der Waals surface area contributed by atoms with Crippen LogP contribution in [-0.4, -0.2) is 0 Å². The lowest BCUT2D eigenvalue weighted by Gasteiger charge is -2.22. The minimum Gasteiger partial charge on any atom is -0.360 e. The van der Waals surface area contributed by atoms with Gasteiger partial charge in [0.05, 0.1) is 11.2 Å². The molecular weight excluding hydrogens is 240 g/mol. The molecule has 2 aliphatic heterocycles. The Labute approximate surface area is 92.6 Å². The summed E-state index contributed by atoms with van der Waals surface area (Å²) in [6.45, 7) is 4.41. The maximum atomic E-state index is 6.15. The third-order valence-electron chi connectivity index (χ3n) is 3.65. The molecule has 1 aromatic carbocycles. The molecule has 1 aromatic rings. The van der Waals surface area contributed by atoms with Crippen molar-refractivity contribution in [1.82, 2.24) is 0 Å². The molecule has 2 heteroatoms. The third-order valence-corrected chi connectivity index (χ3v) is 4.14. The molecule has 74 valence electrons. The first-order valence-corrected chi connectivity index (χ1v) is 5.84. The number of benzene rings is 1. The van der Waals surface area contributed by atoms with Gasteiger partial charge < -0.3 is 4.74 Å². The van der Waals surface area contributed by atoms with Gasteiger partial charge in [0, 0.05) is 4.47 Å². The molecule has 1 fully saturated rings. The van der Waals surface area contributed by atoms with Gasteiger partial charge in [0.2, 0.25) is 0 Å². The zero-order valence-corrected chi connectivity index (χ0v) is 10.0. The minimum atomic E-state index is -0.0339. The van der Waals surface area contributed by atoms with E-state index in [-0.39, 0.29) is 11.2 Å². The van der Waals surface area contributed by atoms with Crippen molar-refractivity contribution in [2.24, 2.45) is 0 Å². The Morgan fingerprint density at radius 3 is 2.50 bits per heavy atom. The highest BCUT2D eigenvalue weighted by Gasteiger charge is 2.54. The van der Waals surface area contributed by atoms with E-state index < -0.39 is 0 Å². The molecule has 2 heterocycles. The van der Waals surface area contributed by atoms with Crippen LogP contribution in [0.15, 0.2) is 22.7 Å². The highest BCUT2D eigenvalue weighted by Crippen LogP contribution is 2.58. The molecule has 0 amide bonds. The standard InChI is InChI=1S/C12H13BrO/c1-11-5-6-12(2,14-11)10-7-8(13)3-4-9(10)11/h3-4,7H,5-6H2,1-2H3. The van der Waals surface area contributed by atoms with Crippen molar-refractivity contribution in [3.63, 3.8) is 0 Å². The predicted molar refractivity (Wildman–Crippen MR) is 59.2 cm³/mol. The number of hydrogen-bond acceptors (Lipinski definition) is 1. The van der Waals surface area contributed by atoms with Crippen LogP contribution in [0.5, 0.6) is 0 Å². The molecule has 0 radical (unpaired) electrons. The Balaban J connectivity index is 2.29. The summed E-state index contributed by atoms with van der Waals surface area (Å²) < 4.78 is 7.30. The lowest BCUT2D eigenvalue weighted by Crippen LogP contribution is -2.17. The summed E-state index contributed by atoms with van der Waals surface area (Å²) in [6, 6.07) is 6.51. The normalized spacial score (nSPS) is 38.8. The molecule has 0 aliphatic carbocycles. The average Bonchev–Trinajstić information content (AvgIpc) is 2.53. The summed E-state index contributed by atoms with van der Waals surface area (Å²) >= 11 is 3.52. The van der Waals surface area contributed by atoms with Crippen LogP contribution >= 0.6 is 15.9 Å². The zero-order valence-electron chi connectivity index (χ0n) is 8.43. The van der Waals surface area contributed by atoms with Gasteiger partial charge in [-0.2, -0.15) is 0 Å². The molecule has 3 rings (SSSR count). The SMILES string of the molecule is CC12CCC(C)(O1)c1cc(Br)ccc12. The fraction of sp³-hybridized carbons (Fsp3) is 0.500. The van der Waals surface area contributed by atoms with Crippen LogP contribution in [0.4, 0.5) is 0 Å². The van der Waals surface area contributed by atoms with E-state index >= 15 is 0 Å². The minimum absolute atomic E-state index is 0.0230. The average molecular weight is 253 g/mol. The first-order chi connectivity index (χ1) is 6.54. The topological polar surface area (TPSA) is 9.23 Å². The molecule has 0 saturated carbocycles. The maximum Gasteiger partial charge on any atom is 0.0920 e. The fourth-order valence-electron chi connectivity index (χ4n) is 2.87. The van der Waals surface area contributed by atoms with Crippen LogP contribution in [-0.2, 0) is 15.9 Å². The van der Waals surface area contributed by atoms with Crippen molar-refractivity contribution < 1.29 is 4.74 Å². The van der Waals surface area contributed by atoms with Crippen molar-refractivity contribution in [2.45, 2.75) is 37.9 Å². The van der Waals surface area contributed by atoms with Gasteiger partial charge >= 0.3 is 0 Å². The smallest absolute Gasteiger partial charge is 0.0920 e. The van der Waals surface area contributed by atoms with E-state index in [2.05, 4.69) is 48.0 Å². The molecule has 0 aromatic heterocycles. The van der Waals surface area contributed by atoms with Gasteiger partial charge in [-0.1, -0.05) is 22.0 Å². The molecular formula is C12H13BrO.